The van der Waals surface area contributed by atoms with Gasteiger partial charge in [0.05, 0.1) is 6.10 Å². The second kappa shape index (κ2) is 9.95. The lowest BCUT2D eigenvalue weighted by Crippen LogP contribution is -2.53. The van der Waals surface area contributed by atoms with E-state index in [4.69, 9.17) is 9.15 Å². The lowest BCUT2D eigenvalue weighted by Gasteiger charge is -2.24. The van der Waals surface area contributed by atoms with Gasteiger partial charge in [0.25, 0.3) is 5.91 Å². The monoisotopic (exact) mass is 403 g/mol. The summed E-state index contributed by atoms with van der Waals surface area (Å²) in [5.41, 5.74) is 0.638. The van der Waals surface area contributed by atoms with Crippen LogP contribution in [0.3, 0.4) is 0 Å². The van der Waals surface area contributed by atoms with E-state index in [1.54, 1.807) is 32.9 Å². The number of furan rings is 1. The van der Waals surface area contributed by atoms with E-state index >= 15 is 0 Å². The van der Waals surface area contributed by atoms with E-state index < -0.39 is 12.1 Å². The van der Waals surface area contributed by atoms with Crippen molar-refractivity contribution in [3.05, 3.63) is 36.1 Å². The number of carbonyl (C=O) groups excluding carboxylic acids is 3. The first kappa shape index (κ1) is 22.3. The van der Waals surface area contributed by atoms with E-state index in [1.807, 2.05) is 32.0 Å². The largest absolute Gasteiger partial charge is 0.451 e. The predicted molar refractivity (Wildman–Crippen MR) is 110 cm³/mol. The van der Waals surface area contributed by atoms with Crippen LogP contribution in [0.1, 0.15) is 45.2 Å². The van der Waals surface area contributed by atoms with E-state index in [2.05, 4.69) is 16.0 Å². The van der Waals surface area contributed by atoms with E-state index in [1.165, 1.54) is 0 Å². The van der Waals surface area contributed by atoms with Gasteiger partial charge in [0.2, 0.25) is 5.91 Å². The molecule has 3 amide bonds. The Bertz CT molecular complexity index is 826. The summed E-state index contributed by atoms with van der Waals surface area (Å²) < 4.78 is 10.5. The van der Waals surface area contributed by atoms with Gasteiger partial charge in [0, 0.05) is 18.0 Å². The second-order valence-corrected chi connectivity index (χ2v) is 7.54. The van der Waals surface area contributed by atoms with Gasteiger partial charge in [-0.05, 0) is 38.8 Å². The van der Waals surface area contributed by atoms with E-state index in [0.29, 0.717) is 5.58 Å². The van der Waals surface area contributed by atoms with Crippen LogP contribution in [0.5, 0.6) is 0 Å². The highest BCUT2D eigenvalue weighted by atomic mass is 16.6. The van der Waals surface area contributed by atoms with Crippen molar-refractivity contribution in [3.8, 4) is 0 Å². The molecule has 8 nitrogen and oxygen atoms in total. The number of hydrogen-bond donors (Lipinski definition) is 3. The van der Waals surface area contributed by atoms with Crippen molar-refractivity contribution in [2.24, 2.45) is 5.92 Å². The van der Waals surface area contributed by atoms with Gasteiger partial charge in [-0.25, -0.2) is 4.79 Å². The highest BCUT2D eigenvalue weighted by molar-refractivity contribution is 5.96. The van der Waals surface area contributed by atoms with Crippen molar-refractivity contribution in [1.82, 2.24) is 16.0 Å². The zero-order valence-electron chi connectivity index (χ0n) is 17.4. The summed E-state index contributed by atoms with van der Waals surface area (Å²) in [5.74, 6) is -0.439. The van der Waals surface area contributed by atoms with Crippen LogP contribution in [0, 0.1) is 5.92 Å². The molecule has 2 atom stereocenters. The average molecular weight is 403 g/mol. The summed E-state index contributed by atoms with van der Waals surface area (Å²) in [4.78, 5) is 36.5. The second-order valence-electron chi connectivity index (χ2n) is 7.54. The maximum absolute atomic E-state index is 12.4. The van der Waals surface area contributed by atoms with Crippen LogP contribution >= 0.6 is 0 Å². The fourth-order valence-electron chi connectivity index (χ4n) is 2.64. The minimum atomic E-state index is -0.770. The number of benzene rings is 1. The minimum absolute atomic E-state index is 0.0599. The van der Waals surface area contributed by atoms with Crippen molar-refractivity contribution in [3.63, 3.8) is 0 Å². The molecule has 2 unspecified atom stereocenters. The number of hydrogen-bond acceptors (Lipinski definition) is 5. The molecule has 0 spiro atoms. The Morgan fingerprint density at radius 2 is 1.72 bits per heavy atom. The number of amides is 3. The summed E-state index contributed by atoms with van der Waals surface area (Å²) in [6, 6.07) is 7.96. The number of carbonyl (C=O) groups is 3. The summed E-state index contributed by atoms with van der Waals surface area (Å²) >= 11 is 0. The Balaban J connectivity index is 1.91. The number of nitrogens with one attached hydrogen (secondary N) is 3. The van der Waals surface area contributed by atoms with Gasteiger partial charge in [-0.2, -0.15) is 0 Å². The SMILES string of the molecule is CC(C)OC(=O)NC(C)C(=O)NC(CNC(=O)c1cc2ccccc2o1)C(C)C. The van der Waals surface area contributed by atoms with Gasteiger partial charge in [0.1, 0.15) is 11.6 Å². The third-order valence-electron chi connectivity index (χ3n) is 4.33. The molecular weight excluding hydrogens is 374 g/mol. The van der Waals surface area contributed by atoms with Gasteiger partial charge in [0.15, 0.2) is 5.76 Å². The smallest absolute Gasteiger partial charge is 0.408 e. The lowest BCUT2D eigenvalue weighted by molar-refractivity contribution is -0.123. The van der Waals surface area contributed by atoms with Gasteiger partial charge in [-0.15, -0.1) is 0 Å². The Morgan fingerprint density at radius 1 is 1.03 bits per heavy atom. The topological polar surface area (TPSA) is 110 Å². The van der Waals surface area contributed by atoms with Gasteiger partial charge in [-0.3, -0.25) is 9.59 Å². The molecule has 0 aliphatic carbocycles. The molecule has 3 N–H and O–H groups in total. The number of fused-ring (bicyclic) bond motifs is 1. The number of alkyl carbamates (subject to hydrolysis) is 1. The molecule has 0 aliphatic rings. The lowest BCUT2D eigenvalue weighted by atomic mass is 10.0. The fourth-order valence-corrected chi connectivity index (χ4v) is 2.64. The van der Waals surface area contributed by atoms with E-state index in [9.17, 15) is 14.4 Å². The quantitative estimate of drug-likeness (QED) is 0.628. The molecule has 0 bridgehead atoms. The molecule has 1 aromatic heterocycles. The molecule has 29 heavy (non-hydrogen) atoms. The molecule has 1 heterocycles. The highest BCUT2D eigenvalue weighted by Gasteiger charge is 2.23. The molecule has 0 aliphatic heterocycles. The van der Waals surface area contributed by atoms with Gasteiger partial charge in [-0.1, -0.05) is 32.0 Å². The van der Waals surface area contributed by atoms with E-state index in [-0.39, 0.29) is 42.2 Å². The minimum Gasteiger partial charge on any atom is -0.451 e. The van der Waals surface area contributed by atoms with Crippen molar-refractivity contribution in [2.75, 3.05) is 6.54 Å². The maximum atomic E-state index is 12.4. The standard InChI is InChI=1S/C21H29N3O5/c1-12(2)16(24-19(25)14(5)23-21(27)28-13(3)4)11-22-20(26)18-10-15-8-6-7-9-17(15)29-18/h6-10,12-14,16H,11H2,1-5H3,(H,22,26)(H,23,27)(H,24,25). The number of rotatable bonds is 8. The van der Waals surface area contributed by atoms with Crippen LogP contribution in [0.25, 0.3) is 11.0 Å². The normalized spacial score (nSPS) is 13.2. The van der Waals surface area contributed by atoms with Gasteiger partial charge >= 0.3 is 6.09 Å². The third kappa shape index (κ3) is 6.51. The molecule has 158 valence electrons. The molecule has 0 radical (unpaired) electrons. The zero-order valence-corrected chi connectivity index (χ0v) is 17.4. The Kier molecular flexibility index (Phi) is 7.64. The van der Waals surface area contributed by atoms with Crippen molar-refractivity contribution in [2.45, 2.75) is 52.8 Å². The predicted octanol–water partition coefficient (Wildman–Crippen LogP) is 2.83. The van der Waals surface area contributed by atoms with Crippen molar-refractivity contribution >= 4 is 28.9 Å². The van der Waals surface area contributed by atoms with Gasteiger partial charge < -0.3 is 25.1 Å². The highest BCUT2D eigenvalue weighted by Crippen LogP contribution is 2.18. The first-order valence-corrected chi connectivity index (χ1v) is 9.71. The fraction of sp³-hybridized carbons (Fsp3) is 0.476. The molecule has 2 aromatic rings. The first-order valence-electron chi connectivity index (χ1n) is 9.71. The maximum Gasteiger partial charge on any atom is 0.408 e. The summed E-state index contributed by atoms with van der Waals surface area (Å²) in [5, 5.41) is 8.98. The van der Waals surface area contributed by atoms with Crippen LogP contribution in [-0.4, -0.2) is 42.6 Å². The van der Waals surface area contributed by atoms with Crippen molar-refractivity contribution < 1.29 is 23.5 Å². The average Bonchev–Trinajstić information content (AvgIpc) is 3.07. The number of ether oxygens (including phenoxy) is 1. The number of para-hydroxylation sites is 1. The van der Waals surface area contributed by atoms with Crippen LogP contribution in [0.15, 0.2) is 34.7 Å². The van der Waals surface area contributed by atoms with Crippen molar-refractivity contribution in [1.29, 1.82) is 0 Å². The van der Waals surface area contributed by atoms with E-state index in [0.717, 1.165) is 5.39 Å². The van der Waals surface area contributed by atoms with Crippen LogP contribution in [0.2, 0.25) is 0 Å². The Morgan fingerprint density at radius 3 is 2.34 bits per heavy atom. The molecule has 0 saturated carbocycles. The Labute approximate surface area is 170 Å². The summed E-state index contributed by atoms with van der Waals surface area (Å²) in [6.45, 7) is 9.12. The molecule has 1 aromatic carbocycles. The van der Waals surface area contributed by atoms with Crippen LogP contribution < -0.4 is 16.0 Å². The molecule has 2 rings (SSSR count). The molecule has 0 fully saturated rings. The van der Waals surface area contributed by atoms with Crippen LogP contribution in [-0.2, 0) is 9.53 Å². The third-order valence-corrected chi connectivity index (χ3v) is 4.33. The summed E-state index contributed by atoms with van der Waals surface area (Å²) in [7, 11) is 0. The molecule has 0 saturated heterocycles. The first-order chi connectivity index (χ1) is 13.7. The zero-order chi connectivity index (χ0) is 21.6. The Hall–Kier alpha value is -3.03. The molecule has 8 heteroatoms. The summed E-state index contributed by atoms with van der Waals surface area (Å²) in [6.07, 6.45) is -0.927. The molecular formula is C21H29N3O5. The van der Waals surface area contributed by atoms with Crippen LogP contribution in [0.4, 0.5) is 4.79 Å².